The fraction of sp³-hybridized carbons (Fsp3) is 0.333. The highest BCUT2D eigenvalue weighted by Crippen LogP contribution is 1.60. The Morgan fingerprint density at radius 1 is 1.71 bits per heavy atom. The first kappa shape index (κ1) is 6.10. The highest BCUT2D eigenvalue weighted by Gasteiger charge is 1.96. The molecule has 4 heteroatoms. The maximum Gasteiger partial charge on any atom is 0.263 e. The quantitative estimate of drug-likeness (QED) is 0.367. The van der Waals surface area contributed by atoms with Gasteiger partial charge in [-0.1, -0.05) is 0 Å². The Kier molecular flexibility index (Phi) is 2.01. The van der Waals surface area contributed by atoms with E-state index in [-0.39, 0.29) is 12.3 Å². The number of carbonyl (C=O) groups is 1. The van der Waals surface area contributed by atoms with E-state index in [0.717, 1.165) is 0 Å². The number of hydrogen-bond acceptors (Lipinski definition) is 3. The number of hydrogen-bond donors (Lipinski definition) is 3. The number of rotatable bonds is 2. The zero-order valence-electron chi connectivity index (χ0n) is 3.77. The van der Waals surface area contributed by atoms with Crippen LogP contribution in [0.3, 0.4) is 0 Å². The van der Waals surface area contributed by atoms with E-state index in [9.17, 15) is 4.79 Å². The molecule has 0 aliphatic rings. The molecule has 5 N–H and O–H groups in total. The molecule has 0 heterocycles. The predicted octanol–water partition coefficient (Wildman–Crippen LogP) is -1.55. The Morgan fingerprint density at radius 3 is 2.14 bits per heavy atom. The zero-order chi connectivity index (χ0) is 5.86. The van der Waals surface area contributed by atoms with Crippen molar-refractivity contribution in [2.75, 3.05) is 6.54 Å². The second-order valence-corrected chi connectivity index (χ2v) is 1.05. The third-order valence-corrected chi connectivity index (χ3v) is 0.502. The molecule has 0 atom stereocenters. The first-order valence-electron chi connectivity index (χ1n) is 1.75. The van der Waals surface area contributed by atoms with Gasteiger partial charge in [-0.15, -0.1) is 0 Å². The minimum Gasteiger partial charge on any atom is -0.365 e. The van der Waals surface area contributed by atoms with Crippen LogP contribution in [0.2, 0.25) is 0 Å². The fourth-order valence-corrected chi connectivity index (χ4v) is 0.101. The molecule has 0 radical (unpaired) electrons. The van der Waals surface area contributed by atoms with Gasteiger partial charge in [-0.3, -0.25) is 10.2 Å². The molecule has 0 fully saturated rings. The average Bonchev–Trinajstić information content (AvgIpc) is 1.65. The number of carbonyl (C=O) groups excluding carboxylic acids is 1. The van der Waals surface area contributed by atoms with Crippen molar-refractivity contribution in [3.8, 4) is 0 Å². The molecule has 0 spiro atoms. The highest BCUT2D eigenvalue weighted by molar-refractivity contribution is 6.37. The van der Waals surface area contributed by atoms with Gasteiger partial charge < -0.3 is 11.5 Å². The summed E-state index contributed by atoms with van der Waals surface area (Å²) in [5.74, 6) is -0.748. The van der Waals surface area contributed by atoms with Crippen molar-refractivity contribution >= 4 is 11.6 Å². The SMILES string of the molecule is N=C(CN)C(N)=O. The van der Waals surface area contributed by atoms with Gasteiger partial charge in [0.25, 0.3) is 5.91 Å². The maximum atomic E-state index is 9.85. The number of amides is 1. The van der Waals surface area contributed by atoms with Gasteiger partial charge in [-0.25, -0.2) is 0 Å². The van der Waals surface area contributed by atoms with Crippen LogP contribution in [0.15, 0.2) is 0 Å². The lowest BCUT2D eigenvalue weighted by atomic mass is 10.4. The van der Waals surface area contributed by atoms with Gasteiger partial charge >= 0.3 is 0 Å². The summed E-state index contributed by atoms with van der Waals surface area (Å²) in [5.41, 5.74) is 9.21. The van der Waals surface area contributed by atoms with Crippen LogP contribution in [0, 0.1) is 5.41 Å². The van der Waals surface area contributed by atoms with Crippen molar-refractivity contribution in [1.82, 2.24) is 0 Å². The van der Waals surface area contributed by atoms with E-state index < -0.39 is 5.91 Å². The van der Waals surface area contributed by atoms with E-state index >= 15 is 0 Å². The monoisotopic (exact) mass is 101 g/mol. The average molecular weight is 101 g/mol. The van der Waals surface area contributed by atoms with Crippen molar-refractivity contribution in [3.63, 3.8) is 0 Å². The highest BCUT2D eigenvalue weighted by atomic mass is 16.1. The topological polar surface area (TPSA) is 93.0 Å². The maximum absolute atomic E-state index is 9.85. The van der Waals surface area contributed by atoms with Gasteiger partial charge in [0.2, 0.25) is 0 Å². The van der Waals surface area contributed by atoms with E-state index in [4.69, 9.17) is 11.1 Å². The zero-order valence-corrected chi connectivity index (χ0v) is 3.77. The molecule has 0 aliphatic heterocycles. The molecule has 0 aromatic rings. The Bertz CT molecular complexity index is 98.4. The van der Waals surface area contributed by atoms with Gasteiger partial charge in [0.1, 0.15) is 5.71 Å². The summed E-state index contributed by atoms with van der Waals surface area (Å²) in [6.07, 6.45) is 0. The Balaban J connectivity index is 3.58. The van der Waals surface area contributed by atoms with Crippen LogP contribution in [-0.4, -0.2) is 18.2 Å². The van der Waals surface area contributed by atoms with Crippen LogP contribution in [-0.2, 0) is 4.79 Å². The molecule has 0 aromatic heterocycles. The number of nitrogens with two attached hydrogens (primary N) is 2. The molecule has 0 saturated heterocycles. The standard InChI is InChI=1S/C3H7N3O/c4-1-2(5)3(6)7/h5H,1,4H2,(H2,6,7). The summed E-state index contributed by atoms with van der Waals surface area (Å²) in [5, 5.41) is 6.59. The van der Waals surface area contributed by atoms with Crippen LogP contribution >= 0.6 is 0 Å². The van der Waals surface area contributed by atoms with Crippen LogP contribution in [0.1, 0.15) is 0 Å². The molecule has 0 bridgehead atoms. The van der Waals surface area contributed by atoms with Crippen molar-refractivity contribution in [3.05, 3.63) is 0 Å². The Labute approximate surface area is 41.0 Å². The summed E-state index contributed by atoms with van der Waals surface area (Å²) in [4.78, 5) is 9.85. The second kappa shape index (κ2) is 2.30. The van der Waals surface area contributed by atoms with Gasteiger partial charge in [-0.05, 0) is 0 Å². The van der Waals surface area contributed by atoms with Gasteiger partial charge in [0.05, 0.1) is 0 Å². The van der Waals surface area contributed by atoms with Crippen molar-refractivity contribution < 1.29 is 4.79 Å². The normalized spacial score (nSPS) is 8.14. The van der Waals surface area contributed by atoms with Crippen LogP contribution in [0.4, 0.5) is 0 Å². The largest absolute Gasteiger partial charge is 0.365 e. The molecular formula is C3H7N3O. The fourth-order valence-electron chi connectivity index (χ4n) is 0.101. The Morgan fingerprint density at radius 2 is 2.14 bits per heavy atom. The summed E-state index contributed by atoms with van der Waals surface area (Å²) in [6, 6.07) is 0. The molecule has 0 saturated carbocycles. The lowest BCUT2D eigenvalue weighted by Gasteiger charge is -1.87. The second-order valence-electron chi connectivity index (χ2n) is 1.05. The molecule has 0 aromatic carbocycles. The third-order valence-electron chi connectivity index (χ3n) is 0.502. The van der Waals surface area contributed by atoms with Crippen molar-refractivity contribution in [1.29, 1.82) is 5.41 Å². The smallest absolute Gasteiger partial charge is 0.263 e. The van der Waals surface area contributed by atoms with Crippen molar-refractivity contribution in [2.45, 2.75) is 0 Å². The minimum atomic E-state index is -0.748. The lowest BCUT2D eigenvalue weighted by molar-refractivity contribution is -0.112. The number of nitrogens with one attached hydrogen (secondary N) is 1. The predicted molar refractivity (Wildman–Crippen MR) is 26.0 cm³/mol. The van der Waals surface area contributed by atoms with Crippen LogP contribution in [0.5, 0.6) is 0 Å². The Hall–Kier alpha value is -0.900. The van der Waals surface area contributed by atoms with Crippen LogP contribution < -0.4 is 11.5 Å². The summed E-state index contributed by atoms with van der Waals surface area (Å²) in [7, 11) is 0. The van der Waals surface area contributed by atoms with E-state index in [1.165, 1.54) is 0 Å². The minimum absolute atomic E-state index is 0.0741. The van der Waals surface area contributed by atoms with Gasteiger partial charge in [0, 0.05) is 6.54 Å². The third kappa shape index (κ3) is 1.88. The summed E-state index contributed by atoms with van der Waals surface area (Å²) in [6.45, 7) is -0.0741. The lowest BCUT2D eigenvalue weighted by Crippen LogP contribution is -2.28. The van der Waals surface area contributed by atoms with Gasteiger partial charge in [0.15, 0.2) is 0 Å². The molecule has 1 amide bonds. The van der Waals surface area contributed by atoms with Crippen LogP contribution in [0.25, 0.3) is 0 Å². The number of primary amides is 1. The molecule has 0 rings (SSSR count). The molecule has 0 aliphatic carbocycles. The summed E-state index contributed by atoms with van der Waals surface area (Å²) >= 11 is 0. The van der Waals surface area contributed by atoms with E-state index in [2.05, 4.69) is 5.73 Å². The molecule has 0 unspecified atom stereocenters. The molecule has 4 nitrogen and oxygen atoms in total. The van der Waals surface area contributed by atoms with E-state index in [1.54, 1.807) is 0 Å². The first-order chi connectivity index (χ1) is 3.18. The first-order valence-corrected chi connectivity index (χ1v) is 1.75. The molecular weight excluding hydrogens is 94.1 g/mol. The summed E-state index contributed by atoms with van der Waals surface area (Å²) < 4.78 is 0. The van der Waals surface area contributed by atoms with Gasteiger partial charge in [-0.2, -0.15) is 0 Å². The van der Waals surface area contributed by atoms with Crippen molar-refractivity contribution in [2.24, 2.45) is 11.5 Å². The van der Waals surface area contributed by atoms with E-state index in [0.29, 0.717) is 0 Å². The van der Waals surface area contributed by atoms with E-state index in [1.807, 2.05) is 0 Å². The molecule has 40 valence electrons. The molecule has 7 heavy (non-hydrogen) atoms.